The van der Waals surface area contributed by atoms with Crippen LogP contribution in [0.1, 0.15) is 59.3 Å². The van der Waals surface area contributed by atoms with Gasteiger partial charge in [0.05, 0.1) is 0 Å². The van der Waals surface area contributed by atoms with Gasteiger partial charge in [-0.05, 0) is 44.9 Å². The van der Waals surface area contributed by atoms with Gasteiger partial charge in [-0.15, -0.1) is 0 Å². The van der Waals surface area contributed by atoms with Gasteiger partial charge in [-0.2, -0.15) is 0 Å². The number of nitrogens with one attached hydrogen (secondary N) is 2. The SMILES string of the molecule is CCCNc1cc(N2CCC[C@H](CCC(=O)N[C@H](C)CC)C2)ncn1. The molecular formula is C19H33N5O. The third kappa shape index (κ3) is 6.52. The number of anilines is 2. The van der Waals surface area contributed by atoms with Crippen molar-refractivity contribution in [3.63, 3.8) is 0 Å². The van der Waals surface area contributed by atoms with E-state index in [-0.39, 0.29) is 11.9 Å². The summed E-state index contributed by atoms with van der Waals surface area (Å²) in [6.07, 6.45) is 7.60. The number of hydrogen-bond acceptors (Lipinski definition) is 5. The zero-order valence-corrected chi connectivity index (χ0v) is 15.9. The molecule has 1 saturated heterocycles. The minimum Gasteiger partial charge on any atom is -0.370 e. The number of carbonyl (C=O) groups is 1. The molecule has 0 aliphatic carbocycles. The Labute approximate surface area is 151 Å². The maximum Gasteiger partial charge on any atom is 0.220 e. The highest BCUT2D eigenvalue weighted by Gasteiger charge is 2.22. The van der Waals surface area contributed by atoms with Crippen LogP contribution in [0.3, 0.4) is 0 Å². The number of nitrogens with zero attached hydrogens (tertiary/aromatic N) is 3. The highest BCUT2D eigenvalue weighted by atomic mass is 16.1. The summed E-state index contributed by atoms with van der Waals surface area (Å²) in [4.78, 5) is 23.1. The highest BCUT2D eigenvalue weighted by molar-refractivity contribution is 5.76. The van der Waals surface area contributed by atoms with E-state index in [1.165, 1.54) is 6.42 Å². The Kier molecular flexibility index (Phi) is 7.95. The van der Waals surface area contributed by atoms with Crippen LogP contribution in [0.25, 0.3) is 0 Å². The van der Waals surface area contributed by atoms with Gasteiger partial charge in [0.2, 0.25) is 5.91 Å². The lowest BCUT2D eigenvalue weighted by atomic mass is 9.93. The van der Waals surface area contributed by atoms with Gasteiger partial charge in [-0.3, -0.25) is 4.79 Å². The Morgan fingerprint density at radius 3 is 3.00 bits per heavy atom. The molecular weight excluding hydrogens is 314 g/mol. The predicted octanol–water partition coefficient (Wildman–Crippen LogP) is 3.21. The molecule has 1 aromatic heterocycles. The lowest BCUT2D eigenvalue weighted by molar-refractivity contribution is -0.122. The molecule has 0 bridgehead atoms. The van der Waals surface area contributed by atoms with E-state index in [9.17, 15) is 4.79 Å². The topological polar surface area (TPSA) is 70.2 Å². The van der Waals surface area contributed by atoms with Gasteiger partial charge in [0, 0.05) is 38.2 Å². The summed E-state index contributed by atoms with van der Waals surface area (Å²) in [6, 6.07) is 2.30. The van der Waals surface area contributed by atoms with Gasteiger partial charge < -0.3 is 15.5 Å². The lowest BCUT2D eigenvalue weighted by Crippen LogP contribution is -2.37. The van der Waals surface area contributed by atoms with Crippen molar-refractivity contribution in [1.29, 1.82) is 0 Å². The van der Waals surface area contributed by atoms with Gasteiger partial charge >= 0.3 is 0 Å². The van der Waals surface area contributed by atoms with E-state index >= 15 is 0 Å². The average molecular weight is 348 g/mol. The van der Waals surface area contributed by atoms with Crippen LogP contribution < -0.4 is 15.5 Å². The van der Waals surface area contributed by atoms with Gasteiger partial charge in [-0.25, -0.2) is 9.97 Å². The Morgan fingerprint density at radius 2 is 2.24 bits per heavy atom. The molecule has 2 atom stereocenters. The van der Waals surface area contributed by atoms with Crippen LogP contribution >= 0.6 is 0 Å². The quantitative estimate of drug-likeness (QED) is 0.718. The molecule has 1 fully saturated rings. The number of hydrogen-bond donors (Lipinski definition) is 2. The van der Waals surface area contributed by atoms with Gasteiger partial charge in [-0.1, -0.05) is 13.8 Å². The van der Waals surface area contributed by atoms with Crippen molar-refractivity contribution in [3.05, 3.63) is 12.4 Å². The predicted molar refractivity (Wildman–Crippen MR) is 103 cm³/mol. The summed E-state index contributed by atoms with van der Waals surface area (Å²) >= 11 is 0. The fourth-order valence-corrected chi connectivity index (χ4v) is 3.16. The van der Waals surface area contributed by atoms with E-state index in [1.807, 2.05) is 6.07 Å². The van der Waals surface area contributed by atoms with Crippen molar-refractivity contribution in [2.75, 3.05) is 29.9 Å². The monoisotopic (exact) mass is 347 g/mol. The first kappa shape index (κ1) is 19.5. The zero-order chi connectivity index (χ0) is 18.1. The lowest BCUT2D eigenvalue weighted by Gasteiger charge is -2.33. The number of carbonyl (C=O) groups excluding carboxylic acids is 1. The Hall–Kier alpha value is -1.85. The van der Waals surface area contributed by atoms with Gasteiger partial charge in [0.25, 0.3) is 0 Å². The molecule has 1 amide bonds. The maximum absolute atomic E-state index is 12.0. The van der Waals surface area contributed by atoms with Crippen LogP contribution in [0.5, 0.6) is 0 Å². The minimum absolute atomic E-state index is 0.180. The standard InChI is InChI=1S/C19H33N5O/c1-4-10-20-17-12-18(22-14-21-17)24-11-6-7-16(13-24)8-9-19(25)23-15(3)5-2/h12,14-16H,4-11,13H2,1-3H3,(H,23,25)(H,20,21,22)/t15-,16-/m1/s1. The second-order valence-electron chi connectivity index (χ2n) is 7.06. The molecule has 1 aliphatic heterocycles. The Bertz CT molecular complexity index is 536. The summed E-state index contributed by atoms with van der Waals surface area (Å²) in [7, 11) is 0. The van der Waals surface area contributed by atoms with E-state index in [0.29, 0.717) is 12.3 Å². The van der Waals surface area contributed by atoms with Crippen LogP contribution in [-0.2, 0) is 4.79 Å². The summed E-state index contributed by atoms with van der Waals surface area (Å²) < 4.78 is 0. The van der Waals surface area contributed by atoms with E-state index in [1.54, 1.807) is 6.33 Å². The number of aromatic nitrogens is 2. The minimum atomic E-state index is 0.180. The fourth-order valence-electron chi connectivity index (χ4n) is 3.16. The molecule has 0 saturated carbocycles. The summed E-state index contributed by atoms with van der Waals surface area (Å²) in [5, 5.41) is 6.38. The largest absolute Gasteiger partial charge is 0.370 e. The molecule has 6 heteroatoms. The van der Waals surface area contributed by atoms with Crippen molar-refractivity contribution >= 4 is 17.5 Å². The third-order valence-corrected chi connectivity index (χ3v) is 4.85. The highest BCUT2D eigenvalue weighted by Crippen LogP contribution is 2.25. The molecule has 2 rings (SSSR count). The fraction of sp³-hybridized carbons (Fsp3) is 0.737. The molecule has 2 N–H and O–H groups in total. The summed E-state index contributed by atoms with van der Waals surface area (Å²) in [5.74, 6) is 2.61. The third-order valence-electron chi connectivity index (χ3n) is 4.85. The van der Waals surface area contributed by atoms with Crippen molar-refractivity contribution < 1.29 is 4.79 Å². The van der Waals surface area contributed by atoms with E-state index in [4.69, 9.17) is 0 Å². The van der Waals surface area contributed by atoms with Crippen molar-refractivity contribution in [3.8, 4) is 0 Å². The molecule has 0 radical (unpaired) electrons. The number of amides is 1. The first-order valence-corrected chi connectivity index (χ1v) is 9.72. The average Bonchev–Trinajstić information content (AvgIpc) is 2.65. The second kappa shape index (κ2) is 10.2. The number of rotatable bonds is 9. The normalized spacial score (nSPS) is 18.7. The Morgan fingerprint density at radius 1 is 1.40 bits per heavy atom. The van der Waals surface area contributed by atoms with Crippen LogP contribution in [0.15, 0.2) is 12.4 Å². The summed E-state index contributed by atoms with van der Waals surface area (Å²) in [6.45, 7) is 9.21. The smallest absolute Gasteiger partial charge is 0.220 e. The van der Waals surface area contributed by atoms with Crippen molar-refractivity contribution in [1.82, 2.24) is 15.3 Å². The molecule has 140 valence electrons. The van der Waals surface area contributed by atoms with Crippen molar-refractivity contribution in [2.45, 2.75) is 65.3 Å². The molecule has 1 aliphatic rings. The second-order valence-corrected chi connectivity index (χ2v) is 7.06. The van der Waals surface area contributed by atoms with Crippen LogP contribution in [0.4, 0.5) is 11.6 Å². The Balaban J connectivity index is 1.85. The zero-order valence-electron chi connectivity index (χ0n) is 15.9. The molecule has 0 spiro atoms. The molecule has 0 unspecified atom stereocenters. The van der Waals surface area contributed by atoms with E-state index in [2.05, 4.69) is 46.3 Å². The van der Waals surface area contributed by atoms with E-state index in [0.717, 1.165) is 57.0 Å². The molecule has 25 heavy (non-hydrogen) atoms. The van der Waals surface area contributed by atoms with Crippen LogP contribution in [-0.4, -0.2) is 41.6 Å². The first-order valence-electron chi connectivity index (χ1n) is 9.72. The molecule has 0 aromatic carbocycles. The summed E-state index contributed by atoms with van der Waals surface area (Å²) in [5.41, 5.74) is 0. The van der Waals surface area contributed by atoms with Crippen molar-refractivity contribution in [2.24, 2.45) is 5.92 Å². The van der Waals surface area contributed by atoms with Crippen LogP contribution in [0, 0.1) is 5.92 Å². The maximum atomic E-state index is 12.0. The molecule has 1 aromatic rings. The first-order chi connectivity index (χ1) is 12.1. The van der Waals surface area contributed by atoms with Gasteiger partial charge in [0.1, 0.15) is 18.0 Å². The van der Waals surface area contributed by atoms with E-state index < -0.39 is 0 Å². The number of piperidine rings is 1. The molecule has 6 nitrogen and oxygen atoms in total. The molecule has 2 heterocycles. The van der Waals surface area contributed by atoms with Crippen LogP contribution in [0.2, 0.25) is 0 Å². The van der Waals surface area contributed by atoms with Gasteiger partial charge in [0.15, 0.2) is 0 Å².